The third-order valence-electron chi connectivity index (χ3n) is 4.38. The van der Waals surface area contributed by atoms with Crippen LogP contribution in [0.4, 0.5) is 5.69 Å². The van der Waals surface area contributed by atoms with Crippen molar-refractivity contribution in [3.05, 3.63) is 53.9 Å². The molecule has 0 spiro atoms. The normalized spacial score (nSPS) is 14.8. The fourth-order valence-electron chi connectivity index (χ4n) is 2.75. The lowest BCUT2D eigenvalue weighted by Crippen LogP contribution is -2.47. The van der Waals surface area contributed by atoms with E-state index in [-0.39, 0.29) is 17.5 Å². The number of hydrogen-bond acceptors (Lipinski definition) is 5. The minimum absolute atomic E-state index is 0.0704. The Morgan fingerprint density at radius 3 is 2.42 bits per heavy atom. The summed E-state index contributed by atoms with van der Waals surface area (Å²) < 4.78 is 5.09. The van der Waals surface area contributed by atoms with E-state index in [4.69, 9.17) is 4.74 Å². The monoisotopic (exact) mass is 354 g/mol. The Hall–Kier alpha value is -2.93. The third-order valence-corrected chi connectivity index (χ3v) is 4.38. The van der Waals surface area contributed by atoms with Crippen molar-refractivity contribution < 1.29 is 14.3 Å². The molecule has 1 aromatic heterocycles. The van der Waals surface area contributed by atoms with Gasteiger partial charge in [-0.2, -0.15) is 0 Å². The molecule has 1 aliphatic heterocycles. The van der Waals surface area contributed by atoms with Gasteiger partial charge in [0, 0.05) is 43.6 Å². The Bertz CT molecular complexity index is 784. The molecule has 1 fully saturated rings. The van der Waals surface area contributed by atoms with Gasteiger partial charge in [0.2, 0.25) is 0 Å². The van der Waals surface area contributed by atoms with Crippen molar-refractivity contribution in [1.82, 2.24) is 14.8 Å². The van der Waals surface area contributed by atoms with Crippen LogP contribution in [0.2, 0.25) is 0 Å². The Morgan fingerprint density at radius 2 is 1.77 bits per heavy atom. The molecule has 1 aromatic carbocycles. The third kappa shape index (κ3) is 4.18. The molecule has 0 aliphatic carbocycles. The quantitative estimate of drug-likeness (QED) is 0.905. The highest BCUT2D eigenvalue weighted by Crippen LogP contribution is 2.16. The lowest BCUT2D eigenvalue weighted by Gasteiger charge is -2.32. The molecule has 0 radical (unpaired) electrons. The Labute approximate surface area is 152 Å². The molecule has 1 saturated heterocycles. The van der Waals surface area contributed by atoms with Crippen LogP contribution in [0.15, 0.2) is 42.6 Å². The minimum Gasteiger partial charge on any atom is -0.497 e. The molecular weight excluding hydrogens is 332 g/mol. The number of ether oxygens (including phenoxy) is 1. The van der Waals surface area contributed by atoms with Gasteiger partial charge in [0.15, 0.2) is 0 Å². The zero-order valence-electron chi connectivity index (χ0n) is 14.9. The number of amides is 2. The topological polar surface area (TPSA) is 74.8 Å². The summed E-state index contributed by atoms with van der Waals surface area (Å²) in [7, 11) is 3.62. The van der Waals surface area contributed by atoms with E-state index in [1.807, 2.05) is 7.05 Å². The highest BCUT2D eigenvalue weighted by atomic mass is 16.5. The number of carbonyl (C=O) groups is 2. The van der Waals surface area contributed by atoms with Crippen LogP contribution in [-0.2, 0) is 0 Å². The fraction of sp³-hybridized carbons (Fsp3) is 0.316. The van der Waals surface area contributed by atoms with Crippen LogP contribution in [0, 0.1) is 0 Å². The molecule has 1 N–H and O–H groups in total. The second kappa shape index (κ2) is 7.97. The molecule has 26 heavy (non-hydrogen) atoms. The van der Waals surface area contributed by atoms with E-state index in [9.17, 15) is 9.59 Å². The van der Waals surface area contributed by atoms with Gasteiger partial charge in [0.1, 0.15) is 11.4 Å². The maximum absolute atomic E-state index is 12.6. The van der Waals surface area contributed by atoms with Crippen LogP contribution in [0.1, 0.15) is 20.8 Å². The standard InChI is InChI=1S/C19H22N4O3/c1-22-9-11-23(12-10-22)19(25)14-7-8-20-17(13-14)18(24)21-15-3-5-16(26-2)6-4-15/h3-8,13H,9-12H2,1-2H3,(H,21,24). The lowest BCUT2D eigenvalue weighted by molar-refractivity contribution is 0.0664. The number of benzene rings is 1. The van der Waals surface area contributed by atoms with Gasteiger partial charge in [-0.1, -0.05) is 0 Å². The zero-order valence-corrected chi connectivity index (χ0v) is 14.9. The number of hydrogen-bond donors (Lipinski definition) is 1. The smallest absolute Gasteiger partial charge is 0.274 e. The largest absolute Gasteiger partial charge is 0.497 e. The van der Waals surface area contributed by atoms with Gasteiger partial charge in [-0.05, 0) is 43.4 Å². The first-order valence-corrected chi connectivity index (χ1v) is 8.46. The molecule has 7 nitrogen and oxygen atoms in total. The average Bonchev–Trinajstić information content (AvgIpc) is 2.68. The molecular formula is C19H22N4O3. The maximum Gasteiger partial charge on any atom is 0.274 e. The van der Waals surface area contributed by atoms with Crippen LogP contribution in [0.3, 0.4) is 0 Å². The highest BCUT2D eigenvalue weighted by molar-refractivity contribution is 6.04. The fourth-order valence-corrected chi connectivity index (χ4v) is 2.75. The van der Waals surface area contributed by atoms with E-state index in [1.54, 1.807) is 48.4 Å². The summed E-state index contributed by atoms with van der Waals surface area (Å²) >= 11 is 0. The van der Waals surface area contributed by atoms with Crippen molar-refractivity contribution >= 4 is 17.5 Å². The summed E-state index contributed by atoms with van der Waals surface area (Å²) in [6.07, 6.45) is 1.49. The molecule has 1 aliphatic rings. The SMILES string of the molecule is COc1ccc(NC(=O)c2cc(C(=O)N3CCN(C)CC3)ccn2)cc1. The van der Waals surface area contributed by atoms with Gasteiger partial charge in [-0.3, -0.25) is 14.6 Å². The summed E-state index contributed by atoms with van der Waals surface area (Å²) in [4.78, 5) is 33.2. The summed E-state index contributed by atoms with van der Waals surface area (Å²) in [5.74, 6) is 0.281. The van der Waals surface area contributed by atoms with E-state index >= 15 is 0 Å². The molecule has 7 heteroatoms. The maximum atomic E-state index is 12.6. The van der Waals surface area contributed by atoms with E-state index in [0.717, 1.165) is 13.1 Å². The number of nitrogens with zero attached hydrogens (tertiary/aromatic N) is 3. The predicted molar refractivity (Wildman–Crippen MR) is 98.6 cm³/mol. The molecule has 2 heterocycles. The van der Waals surface area contributed by atoms with Crippen molar-refractivity contribution in [2.75, 3.05) is 45.7 Å². The Kier molecular flexibility index (Phi) is 5.48. The van der Waals surface area contributed by atoms with Gasteiger partial charge < -0.3 is 19.9 Å². The zero-order chi connectivity index (χ0) is 18.5. The average molecular weight is 354 g/mol. The second-order valence-corrected chi connectivity index (χ2v) is 6.21. The summed E-state index contributed by atoms with van der Waals surface area (Å²) in [6, 6.07) is 10.2. The minimum atomic E-state index is -0.358. The van der Waals surface area contributed by atoms with Crippen LogP contribution in [0.5, 0.6) is 5.75 Å². The number of piperazine rings is 1. The molecule has 0 bridgehead atoms. The number of rotatable bonds is 4. The molecule has 0 unspecified atom stereocenters. The Morgan fingerprint density at radius 1 is 1.08 bits per heavy atom. The number of anilines is 1. The van der Waals surface area contributed by atoms with E-state index in [0.29, 0.717) is 30.1 Å². The van der Waals surface area contributed by atoms with Crippen molar-refractivity contribution in [3.63, 3.8) is 0 Å². The van der Waals surface area contributed by atoms with Crippen molar-refractivity contribution in [3.8, 4) is 5.75 Å². The lowest BCUT2D eigenvalue weighted by atomic mass is 10.1. The number of pyridine rings is 1. The number of likely N-dealkylation sites (N-methyl/N-ethyl adjacent to an activating group) is 1. The van der Waals surface area contributed by atoms with Gasteiger partial charge in [0.25, 0.3) is 11.8 Å². The first-order chi connectivity index (χ1) is 12.6. The Balaban J connectivity index is 1.69. The van der Waals surface area contributed by atoms with Crippen LogP contribution >= 0.6 is 0 Å². The van der Waals surface area contributed by atoms with E-state index < -0.39 is 0 Å². The van der Waals surface area contributed by atoms with Gasteiger partial charge in [-0.25, -0.2) is 0 Å². The van der Waals surface area contributed by atoms with Crippen molar-refractivity contribution in [2.24, 2.45) is 0 Å². The number of aromatic nitrogens is 1. The molecule has 2 amide bonds. The van der Waals surface area contributed by atoms with E-state index in [1.165, 1.54) is 6.20 Å². The van der Waals surface area contributed by atoms with Gasteiger partial charge >= 0.3 is 0 Å². The summed E-state index contributed by atoms with van der Waals surface area (Å²) in [5, 5.41) is 2.77. The second-order valence-electron chi connectivity index (χ2n) is 6.21. The first kappa shape index (κ1) is 17.9. The van der Waals surface area contributed by atoms with Gasteiger partial charge in [-0.15, -0.1) is 0 Å². The molecule has 136 valence electrons. The summed E-state index contributed by atoms with van der Waals surface area (Å²) in [6.45, 7) is 3.07. The number of carbonyl (C=O) groups excluding carboxylic acids is 2. The molecule has 2 aromatic rings. The first-order valence-electron chi connectivity index (χ1n) is 8.46. The summed E-state index contributed by atoms with van der Waals surface area (Å²) in [5.41, 5.74) is 1.32. The predicted octanol–water partition coefficient (Wildman–Crippen LogP) is 1.73. The van der Waals surface area contributed by atoms with Crippen molar-refractivity contribution in [1.29, 1.82) is 0 Å². The van der Waals surface area contributed by atoms with Crippen molar-refractivity contribution in [2.45, 2.75) is 0 Å². The van der Waals surface area contributed by atoms with E-state index in [2.05, 4.69) is 15.2 Å². The molecule has 0 saturated carbocycles. The number of nitrogens with one attached hydrogen (secondary N) is 1. The van der Waals surface area contributed by atoms with Crippen LogP contribution in [0.25, 0.3) is 0 Å². The highest BCUT2D eigenvalue weighted by Gasteiger charge is 2.21. The van der Waals surface area contributed by atoms with Crippen LogP contribution in [-0.4, -0.2) is 66.9 Å². The van der Waals surface area contributed by atoms with Gasteiger partial charge in [0.05, 0.1) is 7.11 Å². The molecule has 0 atom stereocenters. The molecule has 3 rings (SSSR count). The number of methoxy groups -OCH3 is 1. The van der Waals surface area contributed by atoms with Crippen LogP contribution < -0.4 is 10.1 Å².